The topological polar surface area (TPSA) is 56.5 Å². The van der Waals surface area contributed by atoms with Crippen LogP contribution in [0.3, 0.4) is 0 Å². The Morgan fingerprint density at radius 3 is 2.58 bits per heavy atom. The summed E-state index contributed by atoms with van der Waals surface area (Å²) in [5.74, 6) is -0.518. The number of hydrogen-bond donors (Lipinski definition) is 0. The van der Waals surface area contributed by atoms with Gasteiger partial charge >= 0.3 is 11.7 Å². The Bertz CT molecular complexity index is 1220. The highest BCUT2D eigenvalue weighted by Gasteiger charge is 2.24. The van der Waals surface area contributed by atoms with Crippen molar-refractivity contribution in [3.63, 3.8) is 0 Å². The molecule has 1 aliphatic rings. The quantitative estimate of drug-likeness (QED) is 0.479. The van der Waals surface area contributed by atoms with Crippen molar-refractivity contribution in [2.45, 2.75) is 31.8 Å². The number of imidazole rings is 1. The number of hydrogen-bond acceptors (Lipinski definition) is 4. The van der Waals surface area contributed by atoms with Gasteiger partial charge in [-0.2, -0.15) is 0 Å². The first kappa shape index (κ1) is 22.2. The zero-order chi connectivity index (χ0) is 22.3. The number of esters is 1. The second-order valence-corrected chi connectivity index (χ2v) is 9.00. The summed E-state index contributed by atoms with van der Waals surface area (Å²) in [6.45, 7) is 1.55. The first-order valence-corrected chi connectivity index (χ1v) is 11.1. The molecule has 1 saturated heterocycles. The van der Waals surface area contributed by atoms with Crippen LogP contribution in [0, 0.1) is 0 Å². The van der Waals surface area contributed by atoms with Crippen molar-refractivity contribution in [3.8, 4) is 5.69 Å². The van der Waals surface area contributed by atoms with Crippen molar-refractivity contribution >= 4 is 51.8 Å². The molecule has 0 radical (unpaired) electrons. The van der Waals surface area contributed by atoms with Crippen LogP contribution in [-0.4, -0.2) is 46.7 Å². The van der Waals surface area contributed by atoms with Crippen LogP contribution in [0.2, 0.25) is 15.1 Å². The van der Waals surface area contributed by atoms with E-state index in [1.54, 1.807) is 28.8 Å². The molecule has 4 rings (SSSR count). The van der Waals surface area contributed by atoms with Crippen molar-refractivity contribution in [2.24, 2.45) is 0 Å². The molecule has 1 fully saturated rings. The third-order valence-corrected chi connectivity index (χ3v) is 6.74. The standard InChI is InChI=1S/C22H22Cl3N3O3/c1-26-8-3-4-15(26)7-9-27-19-11-13(21(29)31-2)10-17(25)20(19)28(22(27)30)18-6-5-14(23)12-16(18)24/h5-6,10-12,15H,3-4,7-9H2,1-2H3. The average molecular weight is 483 g/mol. The Kier molecular flexibility index (Phi) is 6.35. The molecule has 1 unspecified atom stereocenters. The smallest absolute Gasteiger partial charge is 0.337 e. The van der Waals surface area contributed by atoms with Gasteiger partial charge in [-0.3, -0.25) is 9.13 Å². The maximum Gasteiger partial charge on any atom is 0.337 e. The van der Waals surface area contributed by atoms with Crippen LogP contribution in [0.5, 0.6) is 0 Å². The lowest BCUT2D eigenvalue weighted by atomic mass is 10.1. The largest absolute Gasteiger partial charge is 0.465 e. The number of aryl methyl sites for hydroxylation is 1. The number of nitrogens with zero attached hydrogens (tertiary/aromatic N) is 3. The zero-order valence-electron chi connectivity index (χ0n) is 17.2. The molecule has 0 N–H and O–H groups in total. The Morgan fingerprint density at radius 1 is 1.16 bits per heavy atom. The highest BCUT2D eigenvalue weighted by atomic mass is 35.5. The predicted octanol–water partition coefficient (Wildman–Crippen LogP) is 5.02. The Hall–Kier alpha value is -1.99. The zero-order valence-corrected chi connectivity index (χ0v) is 19.5. The number of halogens is 3. The molecule has 0 spiro atoms. The molecule has 1 aliphatic heterocycles. The normalized spacial score (nSPS) is 16.9. The van der Waals surface area contributed by atoms with Crippen molar-refractivity contribution in [1.82, 2.24) is 14.0 Å². The van der Waals surface area contributed by atoms with Gasteiger partial charge in [0, 0.05) is 17.6 Å². The molecule has 0 amide bonds. The molecule has 164 valence electrons. The molecule has 9 heteroatoms. The number of aromatic nitrogens is 2. The number of carbonyl (C=O) groups excluding carboxylic acids is 1. The van der Waals surface area contributed by atoms with Crippen LogP contribution in [-0.2, 0) is 11.3 Å². The first-order valence-electron chi connectivity index (χ1n) is 10.0. The summed E-state index contributed by atoms with van der Waals surface area (Å²) in [5.41, 5.74) is 1.54. The Labute approximate surface area is 194 Å². The number of ether oxygens (including phenoxy) is 1. The summed E-state index contributed by atoms with van der Waals surface area (Å²) in [6.07, 6.45) is 3.06. The Morgan fingerprint density at radius 2 is 1.94 bits per heavy atom. The molecule has 0 bridgehead atoms. The fraction of sp³-hybridized carbons (Fsp3) is 0.364. The number of benzene rings is 2. The molecule has 6 nitrogen and oxygen atoms in total. The molecule has 2 heterocycles. The van der Waals surface area contributed by atoms with Crippen LogP contribution < -0.4 is 5.69 Å². The lowest BCUT2D eigenvalue weighted by Gasteiger charge is -2.19. The molecule has 0 saturated carbocycles. The summed E-state index contributed by atoms with van der Waals surface area (Å²) in [4.78, 5) is 28.0. The average Bonchev–Trinajstić information content (AvgIpc) is 3.26. The molecule has 1 aromatic heterocycles. The van der Waals surface area contributed by atoms with Gasteiger partial charge in [0.05, 0.1) is 39.4 Å². The molecular formula is C22H22Cl3N3O3. The maximum atomic E-state index is 13.6. The van der Waals surface area contributed by atoms with Crippen molar-refractivity contribution in [2.75, 3.05) is 20.7 Å². The van der Waals surface area contributed by atoms with E-state index in [-0.39, 0.29) is 16.3 Å². The third-order valence-electron chi connectivity index (χ3n) is 5.91. The molecule has 1 atom stereocenters. The highest BCUT2D eigenvalue weighted by Crippen LogP contribution is 2.32. The van der Waals surface area contributed by atoms with E-state index in [0.29, 0.717) is 39.4 Å². The van der Waals surface area contributed by atoms with Crippen molar-refractivity contribution in [3.05, 3.63) is 61.4 Å². The van der Waals surface area contributed by atoms with Gasteiger partial charge in [0.1, 0.15) is 0 Å². The third kappa shape index (κ3) is 4.10. The van der Waals surface area contributed by atoms with E-state index in [0.717, 1.165) is 25.8 Å². The van der Waals surface area contributed by atoms with Crippen LogP contribution >= 0.6 is 34.8 Å². The van der Waals surface area contributed by atoms with Crippen LogP contribution in [0.4, 0.5) is 0 Å². The second kappa shape index (κ2) is 8.87. The maximum absolute atomic E-state index is 13.6. The minimum atomic E-state index is -0.518. The van der Waals surface area contributed by atoms with Gasteiger partial charge in [0.25, 0.3) is 0 Å². The lowest BCUT2D eigenvalue weighted by molar-refractivity contribution is 0.0601. The fourth-order valence-corrected chi connectivity index (χ4v) is 5.08. The molecule has 3 aromatic rings. The molecular weight excluding hydrogens is 461 g/mol. The molecule has 31 heavy (non-hydrogen) atoms. The summed E-state index contributed by atoms with van der Waals surface area (Å²) in [6, 6.07) is 8.49. The van der Waals surface area contributed by atoms with Gasteiger partial charge in [-0.25, -0.2) is 9.59 Å². The number of carbonyl (C=O) groups is 1. The van der Waals surface area contributed by atoms with Crippen molar-refractivity contribution < 1.29 is 9.53 Å². The van der Waals surface area contributed by atoms with E-state index in [2.05, 4.69) is 11.9 Å². The summed E-state index contributed by atoms with van der Waals surface area (Å²) in [5, 5.41) is 1.06. The SMILES string of the molecule is COC(=O)c1cc(Cl)c2c(c1)n(CCC1CCCN1C)c(=O)n2-c1ccc(Cl)cc1Cl. The van der Waals surface area contributed by atoms with Gasteiger partial charge in [0.2, 0.25) is 0 Å². The number of likely N-dealkylation sites (tertiary alicyclic amines) is 1. The summed E-state index contributed by atoms with van der Waals surface area (Å²) < 4.78 is 7.99. The lowest BCUT2D eigenvalue weighted by Crippen LogP contribution is -2.29. The van der Waals surface area contributed by atoms with Crippen LogP contribution in [0.25, 0.3) is 16.7 Å². The fourth-order valence-electron chi connectivity index (χ4n) is 4.29. The second-order valence-electron chi connectivity index (χ2n) is 7.75. The van der Waals surface area contributed by atoms with Gasteiger partial charge in [-0.15, -0.1) is 0 Å². The predicted molar refractivity (Wildman–Crippen MR) is 124 cm³/mol. The summed E-state index contributed by atoms with van der Waals surface area (Å²) >= 11 is 19.1. The first-order chi connectivity index (χ1) is 14.8. The highest BCUT2D eigenvalue weighted by molar-refractivity contribution is 6.37. The number of methoxy groups -OCH3 is 1. The minimum Gasteiger partial charge on any atom is -0.465 e. The minimum absolute atomic E-state index is 0.262. The van der Waals surface area contributed by atoms with E-state index in [1.807, 2.05) is 0 Å². The number of fused-ring (bicyclic) bond motifs is 1. The van der Waals surface area contributed by atoms with Gasteiger partial charge < -0.3 is 9.64 Å². The van der Waals surface area contributed by atoms with Crippen LogP contribution in [0.1, 0.15) is 29.6 Å². The van der Waals surface area contributed by atoms with E-state index < -0.39 is 5.97 Å². The van der Waals surface area contributed by atoms with Gasteiger partial charge in [-0.05, 0) is 63.2 Å². The molecule has 0 aliphatic carbocycles. The van der Waals surface area contributed by atoms with Crippen LogP contribution in [0.15, 0.2) is 35.1 Å². The van der Waals surface area contributed by atoms with E-state index in [4.69, 9.17) is 39.5 Å². The van der Waals surface area contributed by atoms with E-state index >= 15 is 0 Å². The molecule has 2 aromatic carbocycles. The summed E-state index contributed by atoms with van der Waals surface area (Å²) in [7, 11) is 3.41. The van der Waals surface area contributed by atoms with E-state index in [1.165, 1.54) is 17.7 Å². The number of rotatable bonds is 5. The van der Waals surface area contributed by atoms with Crippen molar-refractivity contribution in [1.29, 1.82) is 0 Å². The van der Waals surface area contributed by atoms with E-state index in [9.17, 15) is 9.59 Å². The Balaban J connectivity index is 1.92. The van der Waals surface area contributed by atoms with Gasteiger partial charge in [0.15, 0.2) is 0 Å². The van der Waals surface area contributed by atoms with Gasteiger partial charge in [-0.1, -0.05) is 34.8 Å². The monoisotopic (exact) mass is 481 g/mol.